The van der Waals surface area contributed by atoms with Gasteiger partial charge in [-0.05, 0) is 13.5 Å². The first-order valence-electron chi connectivity index (χ1n) is 5.70. The van der Waals surface area contributed by atoms with Crippen molar-refractivity contribution in [2.75, 3.05) is 6.54 Å². The van der Waals surface area contributed by atoms with Crippen LogP contribution in [0.15, 0.2) is 12.4 Å². The van der Waals surface area contributed by atoms with Crippen LogP contribution in [0.25, 0.3) is 0 Å². The molecule has 2 aromatic rings. The molecule has 0 fully saturated rings. The molecular weight excluding hydrogens is 234 g/mol. The molecule has 2 aromatic heterocycles. The van der Waals surface area contributed by atoms with Gasteiger partial charge in [-0.1, -0.05) is 12.1 Å². The molecule has 92 valence electrons. The molecule has 0 saturated carbocycles. The van der Waals surface area contributed by atoms with E-state index in [0.717, 1.165) is 23.7 Å². The molecular formula is C11H17N5S. The van der Waals surface area contributed by atoms with Crippen molar-refractivity contribution in [3.8, 4) is 0 Å². The van der Waals surface area contributed by atoms with Crippen LogP contribution in [0.4, 0.5) is 0 Å². The van der Waals surface area contributed by atoms with Gasteiger partial charge in [0.15, 0.2) is 0 Å². The second-order valence-electron chi connectivity index (χ2n) is 3.98. The van der Waals surface area contributed by atoms with E-state index in [2.05, 4.69) is 27.5 Å². The number of nitrogens with one attached hydrogen (secondary N) is 1. The predicted molar refractivity (Wildman–Crippen MR) is 68.0 cm³/mol. The van der Waals surface area contributed by atoms with Gasteiger partial charge in [-0.15, -0.1) is 16.4 Å². The lowest BCUT2D eigenvalue weighted by Crippen LogP contribution is -2.22. The first kappa shape index (κ1) is 12.2. The van der Waals surface area contributed by atoms with Crippen molar-refractivity contribution in [3.63, 3.8) is 0 Å². The zero-order chi connectivity index (χ0) is 12.3. The minimum absolute atomic E-state index is 0.280. The zero-order valence-corrected chi connectivity index (χ0v) is 11.2. The number of aromatic nitrogens is 4. The van der Waals surface area contributed by atoms with Crippen LogP contribution in [0.1, 0.15) is 28.5 Å². The Morgan fingerprint density at radius 3 is 2.88 bits per heavy atom. The third-order valence-electron chi connectivity index (χ3n) is 2.50. The van der Waals surface area contributed by atoms with Crippen LogP contribution < -0.4 is 5.32 Å². The van der Waals surface area contributed by atoms with Gasteiger partial charge in [0.1, 0.15) is 0 Å². The van der Waals surface area contributed by atoms with E-state index in [4.69, 9.17) is 0 Å². The van der Waals surface area contributed by atoms with Crippen molar-refractivity contribution in [2.45, 2.75) is 26.3 Å². The number of hydrogen-bond acceptors (Lipinski definition) is 5. The zero-order valence-electron chi connectivity index (χ0n) is 10.3. The quantitative estimate of drug-likeness (QED) is 0.874. The molecule has 0 radical (unpaired) electrons. The highest BCUT2D eigenvalue weighted by Crippen LogP contribution is 2.23. The standard InChI is InChI=1S/C11H17N5S/c1-4-12-10(11-6-13-8(2)17-11)5-9-7-16(3)15-14-9/h6-7,10,12H,4-5H2,1-3H3. The number of rotatable bonds is 5. The number of likely N-dealkylation sites (N-methyl/N-ethyl adjacent to an activating group) is 1. The molecule has 0 aliphatic carbocycles. The maximum atomic E-state index is 4.30. The van der Waals surface area contributed by atoms with E-state index < -0.39 is 0 Å². The first-order valence-corrected chi connectivity index (χ1v) is 6.51. The van der Waals surface area contributed by atoms with E-state index in [1.54, 1.807) is 16.0 Å². The molecule has 1 N–H and O–H groups in total. The Labute approximate surface area is 105 Å². The average molecular weight is 251 g/mol. The van der Waals surface area contributed by atoms with Crippen molar-refractivity contribution in [2.24, 2.45) is 7.05 Å². The summed E-state index contributed by atoms with van der Waals surface area (Å²) in [6.45, 7) is 5.07. The molecule has 0 amide bonds. The van der Waals surface area contributed by atoms with Crippen LogP contribution in [-0.4, -0.2) is 26.5 Å². The minimum atomic E-state index is 0.280. The largest absolute Gasteiger partial charge is 0.309 e. The summed E-state index contributed by atoms with van der Waals surface area (Å²) in [6.07, 6.45) is 4.76. The lowest BCUT2D eigenvalue weighted by Gasteiger charge is -2.13. The van der Waals surface area contributed by atoms with Gasteiger partial charge in [0.25, 0.3) is 0 Å². The number of thiazole rings is 1. The van der Waals surface area contributed by atoms with Crippen molar-refractivity contribution >= 4 is 11.3 Å². The molecule has 17 heavy (non-hydrogen) atoms. The fraction of sp³-hybridized carbons (Fsp3) is 0.545. The van der Waals surface area contributed by atoms with Gasteiger partial charge in [0.2, 0.25) is 0 Å². The SMILES string of the molecule is CCNC(Cc1cn(C)nn1)c1cnc(C)s1. The third-order valence-corrected chi connectivity index (χ3v) is 3.52. The van der Waals surface area contributed by atoms with Gasteiger partial charge in [0.05, 0.1) is 10.7 Å². The summed E-state index contributed by atoms with van der Waals surface area (Å²) in [5.74, 6) is 0. The summed E-state index contributed by atoms with van der Waals surface area (Å²) in [5, 5.41) is 12.6. The normalized spacial score (nSPS) is 12.9. The number of nitrogens with zero attached hydrogens (tertiary/aromatic N) is 4. The van der Waals surface area contributed by atoms with E-state index in [9.17, 15) is 0 Å². The highest BCUT2D eigenvalue weighted by atomic mass is 32.1. The Bertz CT molecular complexity index is 476. The van der Waals surface area contributed by atoms with E-state index in [0.29, 0.717) is 0 Å². The Hall–Kier alpha value is -1.27. The number of aryl methyl sites for hydroxylation is 2. The minimum Gasteiger partial charge on any atom is -0.309 e. The van der Waals surface area contributed by atoms with Crippen LogP contribution in [0.3, 0.4) is 0 Å². The molecule has 0 spiro atoms. The smallest absolute Gasteiger partial charge is 0.0897 e. The molecule has 5 nitrogen and oxygen atoms in total. The topological polar surface area (TPSA) is 55.6 Å². The number of hydrogen-bond donors (Lipinski definition) is 1. The van der Waals surface area contributed by atoms with Crippen LogP contribution in [-0.2, 0) is 13.5 Å². The van der Waals surface area contributed by atoms with E-state index in [1.807, 2.05) is 26.4 Å². The third kappa shape index (κ3) is 3.10. The molecule has 0 aliphatic rings. The van der Waals surface area contributed by atoms with Gasteiger partial charge in [-0.25, -0.2) is 4.98 Å². The van der Waals surface area contributed by atoms with Gasteiger partial charge in [-0.2, -0.15) is 0 Å². The summed E-state index contributed by atoms with van der Waals surface area (Å²) in [4.78, 5) is 5.56. The molecule has 0 saturated heterocycles. The maximum absolute atomic E-state index is 4.30. The fourth-order valence-corrected chi connectivity index (χ4v) is 2.62. The van der Waals surface area contributed by atoms with Gasteiger partial charge < -0.3 is 5.32 Å². The summed E-state index contributed by atoms with van der Waals surface area (Å²) in [7, 11) is 1.88. The molecule has 2 heterocycles. The summed E-state index contributed by atoms with van der Waals surface area (Å²) < 4.78 is 1.73. The Morgan fingerprint density at radius 1 is 1.53 bits per heavy atom. The van der Waals surface area contributed by atoms with Crippen molar-refractivity contribution in [1.29, 1.82) is 0 Å². The van der Waals surface area contributed by atoms with Crippen LogP contribution in [0.2, 0.25) is 0 Å². The van der Waals surface area contributed by atoms with Crippen molar-refractivity contribution < 1.29 is 0 Å². The Balaban J connectivity index is 2.12. The monoisotopic (exact) mass is 251 g/mol. The molecule has 0 aliphatic heterocycles. The van der Waals surface area contributed by atoms with Gasteiger partial charge in [0, 0.05) is 36.8 Å². The Morgan fingerprint density at radius 2 is 2.35 bits per heavy atom. The summed E-state index contributed by atoms with van der Waals surface area (Å²) in [6, 6.07) is 0.280. The highest BCUT2D eigenvalue weighted by molar-refractivity contribution is 7.11. The molecule has 1 atom stereocenters. The van der Waals surface area contributed by atoms with Crippen LogP contribution in [0.5, 0.6) is 0 Å². The van der Waals surface area contributed by atoms with E-state index >= 15 is 0 Å². The lowest BCUT2D eigenvalue weighted by molar-refractivity contribution is 0.551. The second-order valence-corrected chi connectivity index (χ2v) is 5.25. The first-order chi connectivity index (χ1) is 8.19. The van der Waals surface area contributed by atoms with Crippen LogP contribution in [0, 0.1) is 6.92 Å². The van der Waals surface area contributed by atoms with Gasteiger partial charge >= 0.3 is 0 Å². The average Bonchev–Trinajstić information content (AvgIpc) is 2.87. The second kappa shape index (κ2) is 5.37. The van der Waals surface area contributed by atoms with Crippen LogP contribution >= 0.6 is 11.3 Å². The van der Waals surface area contributed by atoms with Gasteiger partial charge in [-0.3, -0.25) is 4.68 Å². The Kier molecular flexibility index (Phi) is 3.86. The highest BCUT2D eigenvalue weighted by Gasteiger charge is 2.15. The van der Waals surface area contributed by atoms with E-state index in [1.165, 1.54) is 4.88 Å². The van der Waals surface area contributed by atoms with Crippen molar-refractivity contribution in [3.05, 3.63) is 28.0 Å². The predicted octanol–water partition coefficient (Wildman–Crippen LogP) is 1.47. The molecule has 1 unspecified atom stereocenters. The molecule has 6 heteroatoms. The lowest BCUT2D eigenvalue weighted by atomic mass is 10.1. The summed E-state index contributed by atoms with van der Waals surface area (Å²) in [5.41, 5.74) is 1.00. The van der Waals surface area contributed by atoms with E-state index in [-0.39, 0.29) is 6.04 Å². The fourth-order valence-electron chi connectivity index (χ4n) is 1.76. The maximum Gasteiger partial charge on any atom is 0.0897 e. The summed E-state index contributed by atoms with van der Waals surface area (Å²) >= 11 is 1.73. The molecule has 0 aromatic carbocycles. The molecule has 0 bridgehead atoms. The van der Waals surface area contributed by atoms with Crippen molar-refractivity contribution in [1.82, 2.24) is 25.3 Å². The molecule has 2 rings (SSSR count).